The number of aromatic nitrogens is 4. The summed E-state index contributed by atoms with van der Waals surface area (Å²) in [6.07, 6.45) is 8.40. The highest BCUT2D eigenvalue weighted by atomic mass is 16.2. The molecule has 1 saturated heterocycles. The van der Waals surface area contributed by atoms with Gasteiger partial charge in [0.1, 0.15) is 0 Å². The van der Waals surface area contributed by atoms with E-state index in [0.29, 0.717) is 6.54 Å². The van der Waals surface area contributed by atoms with Gasteiger partial charge in [0.05, 0.1) is 24.5 Å². The summed E-state index contributed by atoms with van der Waals surface area (Å²) in [5.41, 5.74) is 1.81. The Kier molecular flexibility index (Phi) is 4.09. The van der Waals surface area contributed by atoms with Gasteiger partial charge in [0, 0.05) is 24.5 Å². The topological polar surface area (TPSA) is 86.8 Å². The average Bonchev–Trinajstić information content (AvgIpc) is 3.08. The second-order valence-corrected chi connectivity index (χ2v) is 5.11. The largest absolute Gasteiger partial charge is 0.332 e. The smallest absolute Gasteiger partial charge is 0.318 e. The molecule has 1 aliphatic heterocycles. The van der Waals surface area contributed by atoms with E-state index in [0.717, 1.165) is 37.1 Å². The Morgan fingerprint density at radius 2 is 2.43 bits per heavy atom. The summed E-state index contributed by atoms with van der Waals surface area (Å²) in [5, 5.41) is 17.5. The van der Waals surface area contributed by atoms with Crippen molar-refractivity contribution in [3.05, 3.63) is 42.0 Å². The zero-order valence-corrected chi connectivity index (χ0v) is 11.7. The van der Waals surface area contributed by atoms with Crippen molar-refractivity contribution in [3.63, 3.8) is 0 Å². The van der Waals surface area contributed by atoms with E-state index < -0.39 is 0 Å². The van der Waals surface area contributed by atoms with Gasteiger partial charge < -0.3 is 10.2 Å². The summed E-state index contributed by atoms with van der Waals surface area (Å²) in [7, 11) is 0. The quantitative estimate of drug-likeness (QED) is 0.898. The lowest BCUT2D eigenvalue weighted by molar-refractivity contribution is 0.151. The van der Waals surface area contributed by atoms with Crippen LogP contribution in [0.5, 0.6) is 0 Å². The van der Waals surface area contributed by atoms with Gasteiger partial charge in [-0.2, -0.15) is 15.3 Å². The van der Waals surface area contributed by atoms with Crippen LogP contribution in [0.25, 0.3) is 0 Å². The lowest BCUT2D eigenvalue weighted by Gasteiger charge is -2.35. The number of hydrogen-bond donors (Lipinski definition) is 2. The molecule has 1 atom stereocenters. The molecule has 7 nitrogen and oxygen atoms in total. The molecule has 2 amide bonds. The number of aromatic amines is 1. The van der Waals surface area contributed by atoms with Crippen molar-refractivity contribution in [1.29, 1.82) is 0 Å². The van der Waals surface area contributed by atoms with Gasteiger partial charge in [-0.1, -0.05) is 0 Å². The van der Waals surface area contributed by atoms with Gasteiger partial charge in [-0.3, -0.25) is 5.10 Å². The molecule has 2 aromatic heterocycles. The molecule has 0 aliphatic carbocycles. The first-order valence-electron chi connectivity index (χ1n) is 7.14. The summed E-state index contributed by atoms with van der Waals surface area (Å²) in [5.74, 6) is 0. The van der Waals surface area contributed by atoms with Crippen LogP contribution in [-0.2, 0) is 6.54 Å². The van der Waals surface area contributed by atoms with Gasteiger partial charge in [-0.15, -0.1) is 0 Å². The van der Waals surface area contributed by atoms with E-state index in [1.54, 1.807) is 12.4 Å². The fraction of sp³-hybridized carbons (Fsp3) is 0.429. The molecule has 0 saturated carbocycles. The van der Waals surface area contributed by atoms with Crippen molar-refractivity contribution in [1.82, 2.24) is 30.6 Å². The van der Waals surface area contributed by atoms with Gasteiger partial charge in [-0.25, -0.2) is 4.79 Å². The lowest BCUT2D eigenvalue weighted by Crippen LogP contribution is -2.44. The van der Waals surface area contributed by atoms with E-state index in [9.17, 15) is 4.79 Å². The number of likely N-dealkylation sites (tertiary alicyclic amines) is 1. The summed E-state index contributed by atoms with van der Waals surface area (Å²) < 4.78 is 0. The molecule has 0 aromatic carbocycles. The van der Waals surface area contributed by atoms with Gasteiger partial charge in [0.25, 0.3) is 0 Å². The van der Waals surface area contributed by atoms with Gasteiger partial charge >= 0.3 is 6.03 Å². The van der Waals surface area contributed by atoms with E-state index in [1.165, 1.54) is 0 Å². The van der Waals surface area contributed by atoms with E-state index in [1.807, 2.05) is 23.2 Å². The third-order valence-corrected chi connectivity index (χ3v) is 3.72. The van der Waals surface area contributed by atoms with Crippen molar-refractivity contribution in [2.24, 2.45) is 0 Å². The van der Waals surface area contributed by atoms with Crippen LogP contribution in [0.4, 0.5) is 4.79 Å². The lowest BCUT2D eigenvalue weighted by atomic mass is 9.98. The van der Waals surface area contributed by atoms with Crippen molar-refractivity contribution in [3.8, 4) is 0 Å². The zero-order chi connectivity index (χ0) is 14.5. The number of carbonyl (C=O) groups excluding carboxylic acids is 1. The van der Waals surface area contributed by atoms with E-state index in [2.05, 4.69) is 25.7 Å². The van der Waals surface area contributed by atoms with Gasteiger partial charge in [-0.05, 0) is 31.4 Å². The standard InChI is InChI=1S/C14H18N6O/c21-14(15-10-12-4-3-6-16-19-12)20-7-2-1-5-13(20)11-8-17-18-9-11/h3-4,6,8-9,13H,1-2,5,7,10H2,(H,15,21)(H,17,18). The summed E-state index contributed by atoms with van der Waals surface area (Å²) >= 11 is 0. The molecule has 1 fully saturated rings. The van der Waals surface area contributed by atoms with Gasteiger partial charge in [0.15, 0.2) is 0 Å². The number of H-pyrrole nitrogens is 1. The van der Waals surface area contributed by atoms with Crippen molar-refractivity contribution >= 4 is 6.03 Å². The van der Waals surface area contributed by atoms with Crippen molar-refractivity contribution in [2.75, 3.05) is 6.54 Å². The molecule has 3 rings (SSSR count). The molecule has 2 N–H and O–H groups in total. The summed E-state index contributed by atoms with van der Waals surface area (Å²) in [6, 6.07) is 3.69. The zero-order valence-electron chi connectivity index (χ0n) is 11.7. The highest BCUT2D eigenvalue weighted by Gasteiger charge is 2.28. The number of nitrogens with one attached hydrogen (secondary N) is 2. The van der Waals surface area contributed by atoms with E-state index >= 15 is 0 Å². The van der Waals surface area contributed by atoms with Crippen molar-refractivity contribution < 1.29 is 4.79 Å². The highest BCUT2D eigenvalue weighted by molar-refractivity contribution is 5.74. The minimum atomic E-state index is -0.0634. The molecule has 1 aliphatic rings. The minimum Gasteiger partial charge on any atom is -0.332 e. The van der Waals surface area contributed by atoms with Crippen LogP contribution < -0.4 is 5.32 Å². The van der Waals surface area contributed by atoms with Crippen LogP contribution in [0.1, 0.15) is 36.6 Å². The second-order valence-electron chi connectivity index (χ2n) is 5.11. The Hall–Kier alpha value is -2.44. The van der Waals surface area contributed by atoms with Crippen LogP contribution in [0.15, 0.2) is 30.7 Å². The van der Waals surface area contributed by atoms with Crippen LogP contribution in [0, 0.1) is 0 Å². The predicted octanol–water partition coefficient (Wildman–Crippen LogP) is 1.64. The van der Waals surface area contributed by atoms with Crippen LogP contribution in [-0.4, -0.2) is 37.9 Å². The Bertz CT molecular complexity index is 570. The average molecular weight is 286 g/mol. The van der Waals surface area contributed by atoms with Crippen LogP contribution >= 0.6 is 0 Å². The number of nitrogens with zero attached hydrogens (tertiary/aromatic N) is 4. The molecule has 21 heavy (non-hydrogen) atoms. The molecule has 1 unspecified atom stereocenters. The Morgan fingerprint density at radius 3 is 3.19 bits per heavy atom. The van der Waals surface area contributed by atoms with Crippen LogP contribution in [0.3, 0.4) is 0 Å². The first kappa shape index (κ1) is 13.5. The first-order chi connectivity index (χ1) is 10.3. The third kappa shape index (κ3) is 3.18. The molecule has 0 spiro atoms. The summed E-state index contributed by atoms with van der Waals surface area (Å²) in [6.45, 7) is 1.16. The maximum absolute atomic E-state index is 12.4. The third-order valence-electron chi connectivity index (χ3n) is 3.72. The molecule has 0 radical (unpaired) electrons. The Labute approximate surface area is 122 Å². The second kappa shape index (κ2) is 6.34. The SMILES string of the molecule is O=C(NCc1cccnn1)N1CCCCC1c1cn[nH]c1. The minimum absolute atomic E-state index is 0.0634. The molecular weight excluding hydrogens is 268 g/mol. The molecule has 2 aromatic rings. The molecule has 110 valence electrons. The maximum atomic E-state index is 12.4. The van der Waals surface area contributed by atoms with E-state index in [4.69, 9.17) is 0 Å². The number of urea groups is 1. The number of amides is 2. The molecule has 3 heterocycles. The Morgan fingerprint density at radius 1 is 1.48 bits per heavy atom. The summed E-state index contributed by atoms with van der Waals surface area (Å²) in [4.78, 5) is 14.3. The van der Waals surface area contributed by atoms with Gasteiger partial charge in [0.2, 0.25) is 0 Å². The molecular formula is C14H18N6O. The van der Waals surface area contributed by atoms with Crippen LogP contribution in [0.2, 0.25) is 0 Å². The molecule has 7 heteroatoms. The maximum Gasteiger partial charge on any atom is 0.318 e. The van der Waals surface area contributed by atoms with Crippen molar-refractivity contribution in [2.45, 2.75) is 31.8 Å². The number of rotatable bonds is 3. The van der Waals surface area contributed by atoms with E-state index in [-0.39, 0.29) is 12.1 Å². The number of hydrogen-bond acceptors (Lipinski definition) is 4. The first-order valence-corrected chi connectivity index (χ1v) is 7.14. The number of piperidine rings is 1. The highest BCUT2D eigenvalue weighted by Crippen LogP contribution is 2.30. The predicted molar refractivity (Wildman–Crippen MR) is 76.2 cm³/mol. The number of carbonyl (C=O) groups is 1. The Balaban J connectivity index is 1.64. The fourth-order valence-electron chi connectivity index (χ4n) is 2.66. The molecule has 0 bridgehead atoms. The monoisotopic (exact) mass is 286 g/mol. The normalized spacial score (nSPS) is 18.5. The fourth-order valence-corrected chi connectivity index (χ4v) is 2.66.